The summed E-state index contributed by atoms with van der Waals surface area (Å²) in [6.07, 6.45) is 7.03. The summed E-state index contributed by atoms with van der Waals surface area (Å²) in [6.45, 7) is 3.55. The van der Waals surface area contributed by atoms with Crippen LogP contribution >= 0.6 is 11.8 Å². The number of nitrogens with zero attached hydrogens (tertiary/aromatic N) is 2. The monoisotopic (exact) mass is 282 g/mol. The summed E-state index contributed by atoms with van der Waals surface area (Å²) < 4.78 is 0.240. The van der Waals surface area contributed by atoms with E-state index in [-0.39, 0.29) is 28.6 Å². The Bertz CT molecular complexity index is 408. The largest absolute Gasteiger partial charge is 0.329 e. The molecule has 0 aromatic rings. The first kappa shape index (κ1) is 13.3. The van der Waals surface area contributed by atoms with Crippen LogP contribution in [-0.4, -0.2) is 57.8 Å². The Labute approximate surface area is 118 Å². The molecule has 2 unspecified atom stereocenters. The molecular formula is C14H22N2O2S. The van der Waals surface area contributed by atoms with Crippen molar-refractivity contribution < 1.29 is 9.59 Å². The van der Waals surface area contributed by atoms with Gasteiger partial charge in [-0.3, -0.25) is 9.59 Å². The third kappa shape index (κ3) is 2.06. The molecule has 0 N–H and O–H groups in total. The number of rotatable bonds is 4. The minimum absolute atomic E-state index is 0.159. The van der Waals surface area contributed by atoms with Crippen LogP contribution in [0.15, 0.2) is 0 Å². The number of amides is 2. The first-order chi connectivity index (χ1) is 9.12. The summed E-state index contributed by atoms with van der Waals surface area (Å²) >= 11 is 1.85. The van der Waals surface area contributed by atoms with Crippen LogP contribution in [0.4, 0.5) is 0 Å². The maximum absolute atomic E-state index is 12.7. The van der Waals surface area contributed by atoms with E-state index in [1.165, 1.54) is 12.8 Å². The van der Waals surface area contributed by atoms with Gasteiger partial charge in [-0.05, 0) is 38.4 Å². The lowest BCUT2D eigenvalue weighted by Gasteiger charge is -2.43. The molecule has 106 valence electrons. The lowest BCUT2D eigenvalue weighted by Crippen LogP contribution is -2.63. The van der Waals surface area contributed by atoms with Crippen molar-refractivity contribution in [3.63, 3.8) is 0 Å². The first-order valence-electron chi connectivity index (χ1n) is 7.28. The van der Waals surface area contributed by atoms with Crippen molar-refractivity contribution in [2.24, 2.45) is 0 Å². The van der Waals surface area contributed by atoms with Crippen molar-refractivity contribution in [1.82, 2.24) is 9.80 Å². The molecule has 2 heterocycles. The normalized spacial score (nSPS) is 32.7. The minimum Gasteiger partial charge on any atom is -0.329 e. The van der Waals surface area contributed by atoms with Gasteiger partial charge in [0.2, 0.25) is 11.8 Å². The van der Waals surface area contributed by atoms with Crippen LogP contribution in [0.25, 0.3) is 0 Å². The van der Waals surface area contributed by atoms with Gasteiger partial charge >= 0.3 is 0 Å². The van der Waals surface area contributed by atoms with E-state index in [9.17, 15) is 9.59 Å². The maximum atomic E-state index is 12.7. The van der Waals surface area contributed by atoms with Crippen molar-refractivity contribution >= 4 is 23.6 Å². The van der Waals surface area contributed by atoms with E-state index in [4.69, 9.17) is 0 Å². The van der Waals surface area contributed by atoms with Gasteiger partial charge in [0.15, 0.2) is 0 Å². The minimum atomic E-state index is -0.216. The lowest BCUT2D eigenvalue weighted by atomic mass is 10.0. The topological polar surface area (TPSA) is 40.6 Å². The van der Waals surface area contributed by atoms with Gasteiger partial charge in [-0.1, -0.05) is 6.92 Å². The van der Waals surface area contributed by atoms with Crippen molar-refractivity contribution in [2.45, 2.75) is 55.9 Å². The van der Waals surface area contributed by atoms with E-state index >= 15 is 0 Å². The zero-order valence-electron chi connectivity index (χ0n) is 11.7. The second-order valence-electron chi connectivity index (χ2n) is 5.97. The van der Waals surface area contributed by atoms with E-state index in [2.05, 4.69) is 6.26 Å². The molecule has 2 amide bonds. The number of hydrogen-bond acceptors (Lipinski definition) is 3. The number of hydrogen-bond donors (Lipinski definition) is 0. The predicted octanol–water partition coefficient (Wildman–Crippen LogP) is 1.49. The highest BCUT2D eigenvalue weighted by molar-refractivity contribution is 8.00. The maximum Gasteiger partial charge on any atom is 0.246 e. The summed E-state index contributed by atoms with van der Waals surface area (Å²) in [5.41, 5.74) is 0. The Morgan fingerprint density at radius 3 is 2.63 bits per heavy atom. The molecule has 2 aliphatic heterocycles. The Hall–Kier alpha value is -0.710. The van der Waals surface area contributed by atoms with Gasteiger partial charge in [0, 0.05) is 17.8 Å². The molecular weight excluding hydrogens is 260 g/mol. The van der Waals surface area contributed by atoms with Gasteiger partial charge in [0.1, 0.15) is 12.1 Å². The van der Waals surface area contributed by atoms with E-state index in [1.54, 1.807) is 0 Å². The zero-order chi connectivity index (χ0) is 13.6. The van der Waals surface area contributed by atoms with Gasteiger partial charge < -0.3 is 9.80 Å². The number of piperazine rings is 1. The Kier molecular flexibility index (Phi) is 3.28. The Morgan fingerprint density at radius 2 is 2.05 bits per heavy atom. The number of fused-ring (bicyclic) bond motifs is 1. The third-order valence-corrected chi connectivity index (χ3v) is 6.25. The predicted molar refractivity (Wildman–Crippen MR) is 76.0 cm³/mol. The third-order valence-electron chi connectivity index (χ3n) is 4.85. The molecule has 0 aromatic heterocycles. The molecule has 3 fully saturated rings. The van der Waals surface area contributed by atoms with Crippen LogP contribution in [-0.2, 0) is 9.59 Å². The summed E-state index contributed by atoms with van der Waals surface area (Å²) in [5.74, 6) is 0.380. The van der Waals surface area contributed by atoms with Gasteiger partial charge in [-0.15, -0.1) is 0 Å². The summed E-state index contributed by atoms with van der Waals surface area (Å²) in [5, 5.41) is 0. The fourth-order valence-electron chi connectivity index (χ4n) is 3.42. The average molecular weight is 282 g/mol. The first-order valence-corrected chi connectivity index (χ1v) is 8.50. The van der Waals surface area contributed by atoms with Crippen molar-refractivity contribution in [3.8, 4) is 0 Å². The highest BCUT2D eigenvalue weighted by Crippen LogP contribution is 2.48. The van der Waals surface area contributed by atoms with Crippen LogP contribution in [0.5, 0.6) is 0 Å². The molecule has 2 atom stereocenters. The molecule has 1 aliphatic carbocycles. The number of thioether (sulfide) groups is 1. The standard InChI is InChI=1S/C14H22N2O2S/c1-3-10-12(17)15-8-4-5-11(15)13(18)16(10)9-14(19-2)6-7-14/h10-11H,3-9H2,1-2H3. The highest BCUT2D eigenvalue weighted by Gasteiger charge is 2.51. The van der Waals surface area contributed by atoms with Crippen molar-refractivity contribution in [2.75, 3.05) is 19.3 Å². The van der Waals surface area contributed by atoms with Crippen LogP contribution in [0.1, 0.15) is 39.0 Å². The molecule has 0 bridgehead atoms. The Morgan fingerprint density at radius 1 is 1.32 bits per heavy atom. The molecule has 0 radical (unpaired) electrons. The van der Waals surface area contributed by atoms with Crippen LogP contribution in [0.2, 0.25) is 0 Å². The quantitative estimate of drug-likeness (QED) is 0.784. The molecule has 3 aliphatic rings. The molecule has 2 saturated heterocycles. The van der Waals surface area contributed by atoms with E-state index in [0.29, 0.717) is 0 Å². The zero-order valence-corrected chi connectivity index (χ0v) is 12.5. The number of carbonyl (C=O) groups is 2. The molecule has 3 rings (SSSR count). The molecule has 4 nitrogen and oxygen atoms in total. The highest BCUT2D eigenvalue weighted by atomic mass is 32.2. The second kappa shape index (κ2) is 4.69. The van der Waals surface area contributed by atoms with Gasteiger partial charge in [-0.25, -0.2) is 0 Å². The van der Waals surface area contributed by atoms with Gasteiger partial charge in [0.05, 0.1) is 0 Å². The summed E-state index contributed by atoms with van der Waals surface area (Å²) in [7, 11) is 0. The fraction of sp³-hybridized carbons (Fsp3) is 0.857. The molecule has 1 saturated carbocycles. The van der Waals surface area contributed by atoms with Gasteiger partial charge in [-0.2, -0.15) is 11.8 Å². The summed E-state index contributed by atoms with van der Waals surface area (Å²) in [6, 6.07) is -0.376. The van der Waals surface area contributed by atoms with E-state index in [0.717, 1.165) is 32.4 Å². The van der Waals surface area contributed by atoms with E-state index < -0.39 is 0 Å². The number of carbonyl (C=O) groups excluding carboxylic acids is 2. The van der Waals surface area contributed by atoms with Crippen molar-refractivity contribution in [1.29, 1.82) is 0 Å². The summed E-state index contributed by atoms with van der Waals surface area (Å²) in [4.78, 5) is 28.9. The molecule has 0 aromatic carbocycles. The second-order valence-corrected chi connectivity index (χ2v) is 7.24. The van der Waals surface area contributed by atoms with E-state index in [1.807, 2.05) is 28.5 Å². The average Bonchev–Trinajstić information content (AvgIpc) is 3.01. The molecule has 19 heavy (non-hydrogen) atoms. The SMILES string of the molecule is CCC1C(=O)N2CCCC2C(=O)N1CC1(SC)CC1. The molecule has 0 spiro atoms. The van der Waals surface area contributed by atoms with Crippen LogP contribution in [0.3, 0.4) is 0 Å². The Balaban J connectivity index is 1.83. The lowest BCUT2D eigenvalue weighted by molar-refractivity contribution is -0.159. The van der Waals surface area contributed by atoms with Crippen LogP contribution in [0, 0.1) is 0 Å². The fourth-order valence-corrected chi connectivity index (χ4v) is 4.20. The van der Waals surface area contributed by atoms with Crippen molar-refractivity contribution in [3.05, 3.63) is 0 Å². The smallest absolute Gasteiger partial charge is 0.246 e. The van der Waals surface area contributed by atoms with Crippen LogP contribution < -0.4 is 0 Å². The molecule has 5 heteroatoms. The van der Waals surface area contributed by atoms with Gasteiger partial charge in [0.25, 0.3) is 0 Å².